The number of hydrogen-bond acceptors (Lipinski definition) is 3. The van der Waals surface area contributed by atoms with Crippen molar-refractivity contribution in [1.82, 2.24) is 20.2 Å². The molecule has 0 radical (unpaired) electrons. The van der Waals surface area contributed by atoms with Gasteiger partial charge in [0, 0.05) is 26.7 Å². The van der Waals surface area contributed by atoms with Gasteiger partial charge < -0.3 is 0 Å². The number of aryl methyl sites for hydroxylation is 1. The maximum absolute atomic E-state index is 12.4. The molecule has 5 heteroatoms. The van der Waals surface area contributed by atoms with Crippen LogP contribution >= 0.6 is 0 Å². The van der Waals surface area contributed by atoms with Crippen molar-refractivity contribution in [2.24, 2.45) is 7.05 Å². The van der Waals surface area contributed by atoms with E-state index < -0.39 is 0 Å². The monoisotopic (exact) mass is 320 g/mol. The number of nitrogens with zero attached hydrogens (tertiary/aromatic N) is 3. The number of carbonyl (C=O) groups is 1. The molecule has 1 heterocycles. The standard InChI is InChI=1S/C19H20N4O/c1-22(2)21-19(24)16-12-8-7-11-15(16)17-13-18(23(3)20-17)14-9-5-4-6-10-14/h4-13H,1-3H3,(H,21,24). The fourth-order valence-electron chi connectivity index (χ4n) is 2.65. The Balaban J connectivity index is 2.03. The van der Waals surface area contributed by atoms with Crippen molar-refractivity contribution >= 4 is 5.91 Å². The van der Waals surface area contributed by atoms with Crippen LogP contribution in [0.1, 0.15) is 10.4 Å². The molecule has 0 atom stereocenters. The minimum atomic E-state index is -0.150. The van der Waals surface area contributed by atoms with Crippen LogP contribution in [0.5, 0.6) is 0 Å². The van der Waals surface area contributed by atoms with E-state index >= 15 is 0 Å². The van der Waals surface area contributed by atoms with Gasteiger partial charge in [-0.1, -0.05) is 48.5 Å². The quantitative estimate of drug-likeness (QED) is 0.752. The molecule has 2 aromatic carbocycles. The average Bonchev–Trinajstić information content (AvgIpc) is 2.97. The van der Waals surface area contributed by atoms with E-state index in [9.17, 15) is 4.79 Å². The molecule has 0 saturated carbocycles. The van der Waals surface area contributed by atoms with Crippen LogP contribution in [0.4, 0.5) is 0 Å². The van der Waals surface area contributed by atoms with E-state index in [0.717, 1.165) is 22.5 Å². The zero-order chi connectivity index (χ0) is 17.1. The average molecular weight is 320 g/mol. The molecule has 122 valence electrons. The number of nitrogens with one attached hydrogen (secondary N) is 1. The summed E-state index contributed by atoms with van der Waals surface area (Å²) in [6.45, 7) is 0. The third kappa shape index (κ3) is 3.21. The first-order valence-corrected chi connectivity index (χ1v) is 7.73. The molecule has 3 aromatic rings. The number of hydrogen-bond donors (Lipinski definition) is 1. The van der Waals surface area contributed by atoms with Gasteiger partial charge in [0.25, 0.3) is 5.91 Å². The first-order chi connectivity index (χ1) is 11.6. The first-order valence-electron chi connectivity index (χ1n) is 7.73. The molecule has 0 fully saturated rings. The van der Waals surface area contributed by atoms with Gasteiger partial charge in [0.1, 0.15) is 0 Å². The molecule has 0 unspecified atom stereocenters. The molecule has 0 bridgehead atoms. The van der Waals surface area contributed by atoms with E-state index in [4.69, 9.17) is 0 Å². The fourth-order valence-corrected chi connectivity index (χ4v) is 2.65. The Hall–Kier alpha value is -2.92. The number of amides is 1. The number of carbonyl (C=O) groups excluding carboxylic acids is 1. The van der Waals surface area contributed by atoms with Crippen molar-refractivity contribution in [1.29, 1.82) is 0 Å². The van der Waals surface area contributed by atoms with Gasteiger partial charge in [0.05, 0.1) is 17.0 Å². The van der Waals surface area contributed by atoms with E-state index in [0.29, 0.717) is 5.56 Å². The molecule has 0 aliphatic heterocycles. The van der Waals surface area contributed by atoms with Crippen LogP contribution in [0, 0.1) is 0 Å². The van der Waals surface area contributed by atoms with Gasteiger partial charge in [-0.25, -0.2) is 5.01 Å². The Morgan fingerprint density at radius 3 is 2.42 bits per heavy atom. The predicted octanol–water partition coefficient (Wildman–Crippen LogP) is 2.96. The smallest absolute Gasteiger partial charge is 0.266 e. The van der Waals surface area contributed by atoms with Crippen molar-refractivity contribution < 1.29 is 4.79 Å². The molecule has 1 N–H and O–H groups in total. The molecule has 3 rings (SSSR count). The lowest BCUT2D eigenvalue weighted by Gasteiger charge is -2.13. The van der Waals surface area contributed by atoms with Crippen LogP contribution in [-0.4, -0.2) is 34.8 Å². The van der Waals surface area contributed by atoms with E-state index in [2.05, 4.69) is 10.5 Å². The minimum absolute atomic E-state index is 0.150. The summed E-state index contributed by atoms with van der Waals surface area (Å²) >= 11 is 0. The molecule has 1 amide bonds. The van der Waals surface area contributed by atoms with Gasteiger partial charge in [-0.05, 0) is 17.7 Å². The SMILES string of the molecule is CN(C)NC(=O)c1ccccc1-c1cc(-c2ccccc2)n(C)n1. The molecule has 0 saturated heterocycles. The summed E-state index contributed by atoms with van der Waals surface area (Å²) in [7, 11) is 5.48. The summed E-state index contributed by atoms with van der Waals surface area (Å²) in [5.74, 6) is -0.150. The van der Waals surface area contributed by atoms with Crippen LogP contribution < -0.4 is 5.43 Å². The summed E-state index contributed by atoms with van der Waals surface area (Å²) in [5.41, 5.74) is 7.08. The van der Waals surface area contributed by atoms with Gasteiger partial charge in [0.2, 0.25) is 0 Å². The second-order valence-corrected chi connectivity index (χ2v) is 5.79. The Kier molecular flexibility index (Phi) is 4.44. The highest BCUT2D eigenvalue weighted by Crippen LogP contribution is 2.27. The van der Waals surface area contributed by atoms with Crippen LogP contribution in [0.25, 0.3) is 22.5 Å². The van der Waals surface area contributed by atoms with Crippen molar-refractivity contribution in [2.45, 2.75) is 0 Å². The van der Waals surface area contributed by atoms with Gasteiger partial charge in [-0.2, -0.15) is 5.10 Å². The molecule has 0 aliphatic rings. The summed E-state index contributed by atoms with van der Waals surface area (Å²) in [6, 6.07) is 19.6. The zero-order valence-electron chi connectivity index (χ0n) is 14.0. The summed E-state index contributed by atoms with van der Waals surface area (Å²) in [6.07, 6.45) is 0. The molecular formula is C19H20N4O. The highest BCUT2D eigenvalue weighted by Gasteiger charge is 2.16. The second kappa shape index (κ2) is 6.68. The lowest BCUT2D eigenvalue weighted by atomic mass is 10.0. The van der Waals surface area contributed by atoms with Crippen molar-refractivity contribution in [3.63, 3.8) is 0 Å². The van der Waals surface area contributed by atoms with Gasteiger partial charge in [-0.15, -0.1) is 0 Å². The Bertz CT molecular complexity index is 853. The fraction of sp³-hybridized carbons (Fsp3) is 0.158. The summed E-state index contributed by atoms with van der Waals surface area (Å²) in [5, 5.41) is 6.23. The number of hydrazine groups is 1. The number of rotatable bonds is 4. The molecule has 24 heavy (non-hydrogen) atoms. The Morgan fingerprint density at radius 2 is 1.71 bits per heavy atom. The second-order valence-electron chi connectivity index (χ2n) is 5.79. The molecule has 5 nitrogen and oxygen atoms in total. The molecule has 0 spiro atoms. The number of aromatic nitrogens is 2. The maximum Gasteiger partial charge on any atom is 0.266 e. The normalized spacial score (nSPS) is 10.8. The largest absolute Gasteiger partial charge is 0.285 e. The van der Waals surface area contributed by atoms with Crippen LogP contribution in [0.15, 0.2) is 60.7 Å². The third-order valence-electron chi connectivity index (χ3n) is 3.72. The van der Waals surface area contributed by atoms with Gasteiger partial charge >= 0.3 is 0 Å². The van der Waals surface area contributed by atoms with Crippen LogP contribution in [0.3, 0.4) is 0 Å². The highest BCUT2D eigenvalue weighted by atomic mass is 16.2. The predicted molar refractivity (Wildman–Crippen MR) is 95.2 cm³/mol. The molecule has 1 aromatic heterocycles. The Labute approximate surface area is 141 Å². The summed E-state index contributed by atoms with van der Waals surface area (Å²) in [4.78, 5) is 12.4. The van der Waals surface area contributed by atoms with Gasteiger partial charge in [0.15, 0.2) is 0 Å². The van der Waals surface area contributed by atoms with Gasteiger partial charge in [-0.3, -0.25) is 14.9 Å². The third-order valence-corrected chi connectivity index (χ3v) is 3.72. The first kappa shape index (κ1) is 16.0. The molecular weight excluding hydrogens is 300 g/mol. The van der Waals surface area contributed by atoms with Crippen LogP contribution in [-0.2, 0) is 7.05 Å². The van der Waals surface area contributed by atoms with Crippen molar-refractivity contribution in [3.05, 3.63) is 66.2 Å². The van der Waals surface area contributed by atoms with Crippen LogP contribution in [0.2, 0.25) is 0 Å². The van der Waals surface area contributed by atoms with E-state index in [1.807, 2.05) is 72.4 Å². The number of benzene rings is 2. The minimum Gasteiger partial charge on any atom is -0.285 e. The van der Waals surface area contributed by atoms with E-state index in [-0.39, 0.29) is 5.91 Å². The Morgan fingerprint density at radius 1 is 1.04 bits per heavy atom. The summed E-state index contributed by atoms with van der Waals surface area (Å²) < 4.78 is 1.84. The highest BCUT2D eigenvalue weighted by molar-refractivity contribution is 6.00. The maximum atomic E-state index is 12.4. The lowest BCUT2D eigenvalue weighted by Crippen LogP contribution is -2.36. The van der Waals surface area contributed by atoms with E-state index in [1.54, 1.807) is 19.1 Å². The zero-order valence-corrected chi connectivity index (χ0v) is 14.0. The topological polar surface area (TPSA) is 50.2 Å². The van der Waals surface area contributed by atoms with Crippen molar-refractivity contribution in [3.8, 4) is 22.5 Å². The lowest BCUT2D eigenvalue weighted by molar-refractivity contribution is 0.0857. The molecule has 0 aliphatic carbocycles. The van der Waals surface area contributed by atoms with E-state index in [1.165, 1.54) is 0 Å². The van der Waals surface area contributed by atoms with Crippen molar-refractivity contribution in [2.75, 3.05) is 14.1 Å².